The SMILES string of the molecule is CS(=O)(=O)N1CCC(c2cc(Cl)cc3c2cnn3C2CCCCO2)CC1. The molecule has 6 nitrogen and oxygen atoms in total. The molecule has 0 spiro atoms. The summed E-state index contributed by atoms with van der Waals surface area (Å²) in [5.74, 6) is 0.291. The van der Waals surface area contributed by atoms with E-state index in [9.17, 15) is 8.42 Å². The molecule has 0 N–H and O–H groups in total. The molecule has 2 aliphatic heterocycles. The number of aromatic nitrogens is 2. The molecule has 0 amide bonds. The number of hydrogen-bond acceptors (Lipinski definition) is 4. The van der Waals surface area contributed by atoms with E-state index < -0.39 is 10.0 Å². The smallest absolute Gasteiger partial charge is 0.211 e. The standard InChI is InChI=1S/C18H24ClN3O3S/c1-26(23,24)21-7-5-13(6-8-21)15-10-14(19)11-17-16(15)12-20-22(17)18-4-2-3-9-25-18/h10-13,18H,2-9H2,1H3. The van der Waals surface area contributed by atoms with Gasteiger partial charge in [0.05, 0.1) is 18.0 Å². The number of hydrogen-bond donors (Lipinski definition) is 0. The molecule has 1 aromatic heterocycles. The van der Waals surface area contributed by atoms with Crippen LogP contribution < -0.4 is 0 Å². The Kier molecular flexibility index (Phi) is 4.98. The van der Waals surface area contributed by atoms with Crippen molar-refractivity contribution in [3.63, 3.8) is 0 Å². The van der Waals surface area contributed by atoms with Crippen LogP contribution in [0.2, 0.25) is 5.02 Å². The third kappa shape index (κ3) is 3.50. The minimum absolute atomic E-state index is 0.0281. The van der Waals surface area contributed by atoms with E-state index in [0.717, 1.165) is 49.6 Å². The summed E-state index contributed by atoms with van der Waals surface area (Å²) in [6.45, 7) is 1.87. The molecule has 26 heavy (non-hydrogen) atoms. The van der Waals surface area contributed by atoms with Crippen LogP contribution in [0.15, 0.2) is 18.3 Å². The lowest BCUT2D eigenvalue weighted by Gasteiger charge is -2.31. The maximum absolute atomic E-state index is 11.8. The molecular formula is C18H24ClN3O3S. The van der Waals surface area contributed by atoms with Gasteiger partial charge in [-0.2, -0.15) is 5.10 Å². The summed E-state index contributed by atoms with van der Waals surface area (Å²) >= 11 is 6.42. The number of ether oxygens (including phenoxy) is 1. The molecule has 2 fully saturated rings. The quantitative estimate of drug-likeness (QED) is 0.794. The summed E-state index contributed by atoms with van der Waals surface area (Å²) in [5.41, 5.74) is 2.17. The van der Waals surface area contributed by atoms with Crippen LogP contribution in [0.3, 0.4) is 0 Å². The predicted molar refractivity (Wildman–Crippen MR) is 102 cm³/mol. The Morgan fingerprint density at radius 2 is 1.96 bits per heavy atom. The van der Waals surface area contributed by atoms with Crippen molar-refractivity contribution in [1.82, 2.24) is 14.1 Å². The molecule has 0 saturated carbocycles. The fourth-order valence-corrected chi connectivity index (χ4v) is 5.21. The Morgan fingerprint density at radius 1 is 1.19 bits per heavy atom. The summed E-state index contributed by atoms with van der Waals surface area (Å²) in [5, 5.41) is 6.39. The van der Waals surface area contributed by atoms with Crippen LogP contribution in [0.25, 0.3) is 10.9 Å². The number of benzene rings is 1. The molecule has 2 saturated heterocycles. The lowest BCUT2D eigenvalue weighted by molar-refractivity contribution is -0.0366. The lowest BCUT2D eigenvalue weighted by Crippen LogP contribution is -2.37. The molecule has 142 valence electrons. The first-order chi connectivity index (χ1) is 12.4. The highest BCUT2D eigenvalue weighted by Gasteiger charge is 2.28. The van der Waals surface area contributed by atoms with Gasteiger partial charge in [-0.3, -0.25) is 0 Å². The second kappa shape index (κ2) is 7.11. The zero-order chi connectivity index (χ0) is 18.3. The van der Waals surface area contributed by atoms with E-state index in [-0.39, 0.29) is 6.23 Å². The van der Waals surface area contributed by atoms with Crippen molar-refractivity contribution in [3.8, 4) is 0 Å². The molecule has 4 rings (SSSR count). The Labute approximate surface area is 159 Å². The van der Waals surface area contributed by atoms with Crippen molar-refractivity contribution in [1.29, 1.82) is 0 Å². The van der Waals surface area contributed by atoms with Gasteiger partial charge >= 0.3 is 0 Å². The summed E-state index contributed by atoms with van der Waals surface area (Å²) in [4.78, 5) is 0. The first kappa shape index (κ1) is 18.2. The van der Waals surface area contributed by atoms with Crippen LogP contribution in [0.5, 0.6) is 0 Å². The van der Waals surface area contributed by atoms with Crippen LogP contribution in [0, 0.1) is 0 Å². The Morgan fingerprint density at radius 3 is 2.62 bits per heavy atom. The van der Waals surface area contributed by atoms with E-state index in [4.69, 9.17) is 16.3 Å². The Bertz CT molecular complexity index is 898. The van der Waals surface area contributed by atoms with Crippen molar-refractivity contribution in [2.45, 2.75) is 44.2 Å². The largest absolute Gasteiger partial charge is 0.356 e. The predicted octanol–water partition coefficient (Wildman–Crippen LogP) is 3.53. The summed E-state index contributed by atoms with van der Waals surface area (Å²) < 4.78 is 32.9. The third-order valence-corrected chi connectivity index (χ3v) is 7.03. The summed E-state index contributed by atoms with van der Waals surface area (Å²) in [6.07, 6.45) is 7.96. The van der Waals surface area contributed by atoms with Crippen molar-refractivity contribution in [2.75, 3.05) is 26.0 Å². The molecule has 2 aromatic rings. The van der Waals surface area contributed by atoms with E-state index in [1.807, 2.05) is 23.0 Å². The van der Waals surface area contributed by atoms with E-state index in [0.29, 0.717) is 24.0 Å². The number of fused-ring (bicyclic) bond motifs is 1. The number of piperidine rings is 1. The van der Waals surface area contributed by atoms with E-state index in [1.54, 1.807) is 4.31 Å². The summed E-state index contributed by atoms with van der Waals surface area (Å²) in [6, 6.07) is 3.97. The van der Waals surface area contributed by atoms with Gasteiger partial charge in [0, 0.05) is 30.1 Å². The summed E-state index contributed by atoms with van der Waals surface area (Å²) in [7, 11) is -3.12. The second-order valence-electron chi connectivity index (χ2n) is 7.27. The van der Waals surface area contributed by atoms with Gasteiger partial charge in [-0.1, -0.05) is 11.6 Å². The molecule has 1 atom stereocenters. The van der Waals surface area contributed by atoms with Crippen molar-refractivity contribution < 1.29 is 13.2 Å². The highest BCUT2D eigenvalue weighted by Crippen LogP contribution is 2.37. The van der Waals surface area contributed by atoms with Gasteiger partial charge in [0.1, 0.15) is 0 Å². The first-order valence-electron chi connectivity index (χ1n) is 9.17. The topological polar surface area (TPSA) is 64.4 Å². The fraction of sp³-hybridized carbons (Fsp3) is 0.611. The van der Waals surface area contributed by atoms with Gasteiger partial charge in [0.25, 0.3) is 0 Å². The molecule has 3 heterocycles. The molecule has 2 aliphatic rings. The van der Waals surface area contributed by atoms with Crippen molar-refractivity contribution >= 4 is 32.5 Å². The Balaban J connectivity index is 1.65. The molecule has 1 aromatic carbocycles. The number of halogens is 1. The average Bonchev–Trinajstić information content (AvgIpc) is 3.05. The maximum atomic E-state index is 11.8. The van der Waals surface area contributed by atoms with E-state index >= 15 is 0 Å². The van der Waals surface area contributed by atoms with E-state index in [1.165, 1.54) is 11.8 Å². The lowest BCUT2D eigenvalue weighted by atomic mass is 9.88. The third-order valence-electron chi connectivity index (χ3n) is 5.50. The van der Waals surface area contributed by atoms with Crippen LogP contribution in [0.1, 0.15) is 49.8 Å². The molecule has 0 radical (unpaired) electrons. The van der Waals surface area contributed by atoms with Crippen molar-refractivity contribution in [2.24, 2.45) is 0 Å². The maximum Gasteiger partial charge on any atom is 0.211 e. The number of sulfonamides is 1. The van der Waals surface area contributed by atoms with Gasteiger partial charge in [0.2, 0.25) is 10.0 Å². The second-order valence-corrected chi connectivity index (χ2v) is 9.69. The molecule has 0 bridgehead atoms. The monoisotopic (exact) mass is 397 g/mol. The van der Waals surface area contributed by atoms with Gasteiger partial charge in [-0.05, 0) is 55.7 Å². The average molecular weight is 398 g/mol. The molecular weight excluding hydrogens is 374 g/mol. The van der Waals surface area contributed by atoms with Crippen LogP contribution in [-0.2, 0) is 14.8 Å². The van der Waals surface area contributed by atoms with E-state index in [2.05, 4.69) is 5.10 Å². The molecule has 8 heteroatoms. The minimum Gasteiger partial charge on any atom is -0.356 e. The van der Waals surface area contributed by atoms with Gasteiger partial charge in [0.15, 0.2) is 6.23 Å². The zero-order valence-corrected chi connectivity index (χ0v) is 16.5. The fourth-order valence-electron chi connectivity index (χ4n) is 4.12. The van der Waals surface area contributed by atoms with Crippen LogP contribution in [0.4, 0.5) is 0 Å². The number of nitrogens with zero attached hydrogens (tertiary/aromatic N) is 3. The van der Waals surface area contributed by atoms with Gasteiger partial charge in [-0.25, -0.2) is 17.4 Å². The highest BCUT2D eigenvalue weighted by atomic mass is 35.5. The van der Waals surface area contributed by atoms with Crippen LogP contribution in [-0.4, -0.2) is 48.5 Å². The van der Waals surface area contributed by atoms with Crippen LogP contribution >= 0.6 is 11.6 Å². The van der Waals surface area contributed by atoms with Crippen molar-refractivity contribution in [3.05, 3.63) is 28.9 Å². The minimum atomic E-state index is -3.12. The van der Waals surface area contributed by atoms with Gasteiger partial charge < -0.3 is 4.74 Å². The molecule has 0 aliphatic carbocycles. The number of rotatable bonds is 3. The highest BCUT2D eigenvalue weighted by molar-refractivity contribution is 7.88. The zero-order valence-electron chi connectivity index (χ0n) is 14.9. The first-order valence-corrected chi connectivity index (χ1v) is 11.4. The van der Waals surface area contributed by atoms with Gasteiger partial charge in [-0.15, -0.1) is 0 Å². The normalized spacial score (nSPS) is 23.5. The Hall–Kier alpha value is -1.15. The molecule has 1 unspecified atom stereocenters.